The van der Waals surface area contributed by atoms with Gasteiger partial charge in [0.1, 0.15) is 0 Å². The molecule has 1 nitrogen and oxygen atoms in total. The van der Waals surface area contributed by atoms with Gasteiger partial charge < -0.3 is 5.32 Å². The zero-order valence-corrected chi connectivity index (χ0v) is 6.52. The fraction of sp³-hybridized carbons (Fsp3) is 0.333. The van der Waals surface area contributed by atoms with Crippen molar-refractivity contribution in [3.05, 3.63) is 35.6 Å². The van der Waals surface area contributed by atoms with Gasteiger partial charge in [0.05, 0.1) is 0 Å². The van der Waals surface area contributed by atoms with Crippen molar-refractivity contribution in [2.75, 3.05) is 7.05 Å². The van der Waals surface area contributed by atoms with Gasteiger partial charge in [-0.2, -0.15) is 0 Å². The van der Waals surface area contributed by atoms with E-state index in [1.807, 2.05) is 13.2 Å². The molecule has 0 saturated heterocycles. The minimum absolute atomic E-state index is 1.06. The quantitative estimate of drug-likeness (QED) is 0.580. The molecule has 1 rings (SSSR count). The lowest BCUT2D eigenvalue weighted by Crippen LogP contribution is -1.96. The van der Waals surface area contributed by atoms with Gasteiger partial charge in [-0.05, 0) is 25.1 Å². The molecule has 0 atom stereocenters. The molecule has 0 amide bonds. The van der Waals surface area contributed by atoms with Gasteiger partial charge >= 0.3 is 0 Å². The summed E-state index contributed by atoms with van der Waals surface area (Å²) in [6, 6.07) is 0. The molecular weight excluding hydrogens is 122 g/mol. The lowest BCUT2D eigenvalue weighted by atomic mass is 10.0. The third-order valence-electron chi connectivity index (χ3n) is 1.55. The molecule has 0 fully saturated rings. The van der Waals surface area contributed by atoms with Gasteiger partial charge in [0.15, 0.2) is 0 Å². The molecule has 1 aliphatic rings. The SMILES string of the molecule is CN/C=C1/C=CC(C)=CC1. The maximum Gasteiger partial charge on any atom is 0.00278 e. The predicted octanol–water partition coefficient (Wildman–Crippen LogP) is 2.00. The molecule has 0 aliphatic heterocycles. The fourth-order valence-electron chi connectivity index (χ4n) is 0.946. The van der Waals surface area contributed by atoms with E-state index >= 15 is 0 Å². The third kappa shape index (κ3) is 1.76. The van der Waals surface area contributed by atoms with Crippen LogP contribution in [0.4, 0.5) is 0 Å². The summed E-state index contributed by atoms with van der Waals surface area (Å²) in [6.07, 6.45) is 9.59. The van der Waals surface area contributed by atoms with Gasteiger partial charge in [0, 0.05) is 7.05 Å². The first-order valence-electron chi connectivity index (χ1n) is 3.54. The zero-order chi connectivity index (χ0) is 7.40. The minimum Gasteiger partial charge on any atom is -0.394 e. The molecule has 0 unspecified atom stereocenters. The molecule has 0 aromatic heterocycles. The Balaban J connectivity index is 2.60. The number of hydrogen-bond donors (Lipinski definition) is 1. The van der Waals surface area contributed by atoms with Crippen LogP contribution in [0.25, 0.3) is 0 Å². The Morgan fingerprint density at radius 2 is 2.30 bits per heavy atom. The summed E-state index contributed by atoms with van der Waals surface area (Å²) in [6.45, 7) is 2.12. The van der Waals surface area contributed by atoms with E-state index in [9.17, 15) is 0 Å². The Morgan fingerprint density at radius 1 is 1.50 bits per heavy atom. The van der Waals surface area contributed by atoms with Crippen LogP contribution < -0.4 is 5.32 Å². The first kappa shape index (κ1) is 7.13. The minimum atomic E-state index is 1.06. The second-order valence-electron chi connectivity index (χ2n) is 2.49. The number of nitrogens with one attached hydrogen (secondary N) is 1. The van der Waals surface area contributed by atoms with E-state index < -0.39 is 0 Å². The van der Waals surface area contributed by atoms with E-state index in [2.05, 4.69) is 30.5 Å². The molecule has 1 N–H and O–H groups in total. The Bertz CT molecular complexity index is 197. The Kier molecular flexibility index (Phi) is 2.32. The second-order valence-corrected chi connectivity index (χ2v) is 2.49. The van der Waals surface area contributed by atoms with E-state index in [1.165, 1.54) is 11.1 Å². The lowest BCUT2D eigenvalue weighted by Gasteiger charge is -2.04. The highest BCUT2D eigenvalue weighted by atomic mass is 14.8. The molecule has 0 heterocycles. The van der Waals surface area contributed by atoms with E-state index in [4.69, 9.17) is 0 Å². The molecule has 0 bridgehead atoms. The normalized spacial score (nSPS) is 21.0. The van der Waals surface area contributed by atoms with Crippen LogP contribution in [0, 0.1) is 0 Å². The molecule has 1 aliphatic carbocycles. The highest BCUT2D eigenvalue weighted by molar-refractivity contribution is 5.33. The van der Waals surface area contributed by atoms with Gasteiger partial charge in [-0.1, -0.05) is 23.8 Å². The zero-order valence-electron chi connectivity index (χ0n) is 6.52. The number of rotatable bonds is 1. The summed E-state index contributed by atoms with van der Waals surface area (Å²) in [5.41, 5.74) is 2.70. The Labute approximate surface area is 62.1 Å². The van der Waals surface area contributed by atoms with Gasteiger partial charge in [-0.25, -0.2) is 0 Å². The highest BCUT2D eigenvalue weighted by Crippen LogP contribution is 2.13. The summed E-state index contributed by atoms with van der Waals surface area (Å²) in [5.74, 6) is 0. The first-order valence-corrected chi connectivity index (χ1v) is 3.54. The van der Waals surface area contributed by atoms with Gasteiger partial charge in [0.25, 0.3) is 0 Å². The van der Waals surface area contributed by atoms with Crippen molar-refractivity contribution < 1.29 is 0 Å². The van der Waals surface area contributed by atoms with Crippen LogP contribution in [0.2, 0.25) is 0 Å². The molecule has 0 aromatic carbocycles. The molecular formula is C9H13N. The van der Waals surface area contributed by atoms with Crippen LogP contribution in [0.5, 0.6) is 0 Å². The summed E-state index contributed by atoms with van der Waals surface area (Å²) in [5, 5.41) is 3.01. The topological polar surface area (TPSA) is 12.0 Å². The van der Waals surface area contributed by atoms with Crippen LogP contribution in [-0.4, -0.2) is 7.05 Å². The van der Waals surface area contributed by atoms with Crippen LogP contribution in [0.15, 0.2) is 35.6 Å². The van der Waals surface area contributed by atoms with Crippen molar-refractivity contribution in [2.45, 2.75) is 13.3 Å². The highest BCUT2D eigenvalue weighted by Gasteiger charge is 1.94. The summed E-state index contributed by atoms with van der Waals surface area (Å²) >= 11 is 0. The maximum atomic E-state index is 3.01. The van der Waals surface area contributed by atoms with Crippen LogP contribution in [0.3, 0.4) is 0 Å². The van der Waals surface area contributed by atoms with Crippen molar-refractivity contribution >= 4 is 0 Å². The van der Waals surface area contributed by atoms with Crippen molar-refractivity contribution in [3.63, 3.8) is 0 Å². The average Bonchev–Trinajstić information content (AvgIpc) is 1.95. The molecule has 54 valence electrons. The standard InChI is InChI=1S/C9H13N/c1-8-3-5-9(6-4-8)7-10-2/h3-5,7,10H,6H2,1-2H3/b9-7-. The molecule has 0 aromatic rings. The van der Waals surface area contributed by atoms with Gasteiger partial charge in [-0.3, -0.25) is 0 Å². The van der Waals surface area contributed by atoms with Crippen molar-refractivity contribution in [1.29, 1.82) is 0 Å². The van der Waals surface area contributed by atoms with Crippen LogP contribution >= 0.6 is 0 Å². The molecule has 1 heteroatoms. The molecule has 0 saturated carbocycles. The lowest BCUT2D eigenvalue weighted by molar-refractivity contribution is 1.06. The summed E-state index contributed by atoms with van der Waals surface area (Å²) in [7, 11) is 1.92. The van der Waals surface area contributed by atoms with Crippen molar-refractivity contribution in [3.8, 4) is 0 Å². The second kappa shape index (κ2) is 3.25. The number of hydrogen-bond acceptors (Lipinski definition) is 1. The van der Waals surface area contributed by atoms with Crippen molar-refractivity contribution in [1.82, 2.24) is 5.32 Å². The fourth-order valence-corrected chi connectivity index (χ4v) is 0.946. The molecule has 10 heavy (non-hydrogen) atoms. The van der Waals surface area contributed by atoms with E-state index in [0.29, 0.717) is 0 Å². The van der Waals surface area contributed by atoms with Crippen molar-refractivity contribution in [2.24, 2.45) is 0 Å². The smallest absolute Gasteiger partial charge is 0.00278 e. The first-order chi connectivity index (χ1) is 4.83. The Morgan fingerprint density at radius 3 is 2.80 bits per heavy atom. The largest absolute Gasteiger partial charge is 0.394 e. The predicted molar refractivity (Wildman–Crippen MR) is 44.7 cm³/mol. The average molecular weight is 135 g/mol. The van der Waals surface area contributed by atoms with E-state index in [0.717, 1.165) is 6.42 Å². The molecule has 0 spiro atoms. The van der Waals surface area contributed by atoms with Gasteiger partial charge in [0.2, 0.25) is 0 Å². The molecule has 0 radical (unpaired) electrons. The summed E-state index contributed by atoms with van der Waals surface area (Å²) < 4.78 is 0. The van der Waals surface area contributed by atoms with Crippen LogP contribution in [-0.2, 0) is 0 Å². The van der Waals surface area contributed by atoms with E-state index in [1.54, 1.807) is 0 Å². The maximum absolute atomic E-state index is 3.01. The Hall–Kier alpha value is -0.980. The van der Waals surface area contributed by atoms with Gasteiger partial charge in [-0.15, -0.1) is 0 Å². The van der Waals surface area contributed by atoms with Crippen LogP contribution in [0.1, 0.15) is 13.3 Å². The number of allylic oxidation sites excluding steroid dienone is 5. The third-order valence-corrected chi connectivity index (χ3v) is 1.55. The summed E-state index contributed by atoms with van der Waals surface area (Å²) in [4.78, 5) is 0. The monoisotopic (exact) mass is 135 g/mol. The van der Waals surface area contributed by atoms with E-state index in [-0.39, 0.29) is 0 Å².